The van der Waals surface area contributed by atoms with Gasteiger partial charge in [0.1, 0.15) is 11.2 Å². The number of furan rings is 2. The Morgan fingerprint density at radius 2 is 0.851 bits per heavy atom. The molecule has 87 heavy (non-hydrogen) atoms. The smallest absolute Gasteiger partial charge is 0.171 e. The summed E-state index contributed by atoms with van der Waals surface area (Å²) in [6.45, 7) is 0. The molecule has 3 aromatic heterocycles. The van der Waals surface area contributed by atoms with Crippen LogP contribution in [0.3, 0.4) is 0 Å². The van der Waals surface area contributed by atoms with E-state index in [-0.39, 0.29) is 19.6 Å². The van der Waals surface area contributed by atoms with Crippen LogP contribution in [0.15, 0.2) is 285 Å². The Morgan fingerprint density at radius 1 is 0.402 bits per heavy atom. The molecule has 3 heterocycles. The van der Waals surface area contributed by atoms with Crippen molar-refractivity contribution in [3.05, 3.63) is 293 Å². The van der Waals surface area contributed by atoms with E-state index in [1.54, 1.807) is 0 Å². The van der Waals surface area contributed by atoms with Crippen LogP contribution in [0.5, 0.6) is 0 Å². The zero-order valence-corrected chi connectivity index (χ0v) is 49.7. The third-order valence-corrected chi connectivity index (χ3v) is 16.9. The molecule has 0 bridgehead atoms. The number of hydrogen-bond acceptors (Lipinski definition) is 2. The van der Waals surface area contributed by atoms with Crippen LogP contribution < -0.4 is 0 Å². The van der Waals surface area contributed by atoms with Gasteiger partial charge in [0, 0.05) is 92.0 Å². The highest BCUT2D eigenvalue weighted by Gasteiger charge is 2.22. The summed E-state index contributed by atoms with van der Waals surface area (Å²) in [5, 5.41) is 6.47. The first-order valence-corrected chi connectivity index (χ1v) is 29.9. The van der Waals surface area contributed by atoms with E-state index >= 15 is 0 Å². The number of nitrogens with zero attached hydrogens (tertiary/aromatic N) is 1. The maximum absolute atomic E-state index is 14.3. The van der Waals surface area contributed by atoms with Crippen LogP contribution in [0.4, 0.5) is 4.39 Å². The second kappa shape index (κ2) is 25.8. The third-order valence-electron chi connectivity index (χ3n) is 15.9. The normalized spacial score (nSPS) is 11.2. The van der Waals surface area contributed by atoms with Gasteiger partial charge in [0.05, 0.1) is 16.7 Å². The number of hydrogen-bond donors (Lipinski definition) is 0. The SMILES string of the molecule is Brc1ccc2c(c1)Cc1ccccc1-2.Brc1ccc2c3ccccc3n(-c3ccc(-c4ccc(-c5ccccc5)cc4)c4c3oc3ccccc34)c2c1.C.Fc1ccc(-c2ccc(-c3ccccc3)cc2)c2c1oc1ccccc12.[B][B]B([B])B([B])[B]. The highest BCUT2D eigenvalue weighted by atomic mass is 79.9. The number of aromatic nitrogens is 1. The van der Waals surface area contributed by atoms with Crippen LogP contribution in [-0.2, 0) is 6.42 Å². The Balaban J connectivity index is 0.000000131. The van der Waals surface area contributed by atoms with E-state index in [1.807, 2.05) is 54.6 Å². The van der Waals surface area contributed by atoms with Crippen molar-refractivity contribution in [2.45, 2.75) is 13.8 Å². The van der Waals surface area contributed by atoms with Gasteiger partial charge >= 0.3 is 0 Å². The summed E-state index contributed by atoms with van der Waals surface area (Å²) in [5.41, 5.74) is 20.9. The Hall–Kier alpha value is -8.62. The molecular weight excluding hydrogens is 1190 g/mol. The quantitative estimate of drug-likeness (QED) is 0.149. The lowest BCUT2D eigenvalue weighted by atomic mass is 8.76. The van der Waals surface area contributed by atoms with E-state index < -0.39 is 6.39 Å². The summed E-state index contributed by atoms with van der Waals surface area (Å²) in [5.74, 6) is -0.333. The van der Waals surface area contributed by atoms with Gasteiger partial charge in [0.2, 0.25) is 0 Å². The van der Waals surface area contributed by atoms with E-state index in [0.29, 0.717) is 11.2 Å². The molecule has 9 radical (unpaired) electrons. The van der Waals surface area contributed by atoms with Crippen LogP contribution >= 0.6 is 31.9 Å². The first kappa shape index (κ1) is 58.8. The molecule has 12 aromatic carbocycles. The molecule has 16 rings (SSSR count). The Bertz CT molecular complexity index is 4940. The van der Waals surface area contributed by atoms with Crippen LogP contribution in [0, 0.1) is 5.82 Å². The van der Waals surface area contributed by atoms with Crippen molar-refractivity contribution in [2.75, 3.05) is 0 Å². The van der Waals surface area contributed by atoms with Gasteiger partial charge in [-0.15, -0.1) is 0 Å². The number of fused-ring (bicyclic) bond motifs is 12. The fourth-order valence-electron chi connectivity index (χ4n) is 11.7. The van der Waals surface area contributed by atoms with E-state index in [0.717, 1.165) is 77.0 Å². The lowest BCUT2D eigenvalue weighted by molar-refractivity contribution is 0.584. The predicted octanol–water partition coefficient (Wildman–Crippen LogP) is 19.8. The summed E-state index contributed by atoms with van der Waals surface area (Å²) in [6, 6.07) is 92.0. The molecule has 0 saturated carbocycles. The monoisotopic (exact) mass is 1240 g/mol. The van der Waals surface area contributed by atoms with Gasteiger partial charge in [-0.05, 0) is 128 Å². The first-order chi connectivity index (χ1) is 42.1. The molecule has 1 aliphatic carbocycles. The minimum Gasteiger partial charge on any atom is -0.454 e. The molecule has 3 nitrogen and oxygen atoms in total. The fourth-order valence-corrected chi connectivity index (χ4v) is 12.4. The minimum absolute atomic E-state index is 0. The highest BCUT2D eigenvalue weighted by Crippen LogP contribution is 2.44. The predicted molar refractivity (Wildman–Crippen MR) is 381 cm³/mol. The van der Waals surface area contributed by atoms with Gasteiger partial charge in [-0.3, -0.25) is 0 Å². The van der Waals surface area contributed by atoms with Crippen molar-refractivity contribution < 1.29 is 13.2 Å². The summed E-state index contributed by atoms with van der Waals surface area (Å²) < 4.78 is 31.3. The highest BCUT2D eigenvalue weighted by molar-refractivity contribution is 9.10. The van der Waals surface area contributed by atoms with Gasteiger partial charge in [-0.2, -0.15) is 0 Å². The molecular formula is C74H50B7Br2FNO2. The van der Waals surface area contributed by atoms with Crippen LogP contribution in [0.2, 0.25) is 0 Å². The van der Waals surface area contributed by atoms with Crippen molar-refractivity contribution in [2.24, 2.45) is 0 Å². The van der Waals surface area contributed by atoms with Crippen LogP contribution in [0.25, 0.3) is 127 Å². The average Bonchev–Trinajstić information content (AvgIpc) is 1.93. The molecule has 0 aliphatic heterocycles. The molecule has 0 unspecified atom stereocenters. The van der Waals surface area contributed by atoms with Crippen molar-refractivity contribution in [1.29, 1.82) is 0 Å². The number of benzene rings is 12. The van der Waals surface area contributed by atoms with Crippen LogP contribution in [-0.4, -0.2) is 55.3 Å². The molecule has 1 aliphatic rings. The Labute approximate surface area is 530 Å². The second-order valence-electron chi connectivity index (χ2n) is 21.2. The molecule has 405 valence electrons. The van der Waals surface area contributed by atoms with Crippen LogP contribution in [0.1, 0.15) is 18.6 Å². The molecule has 0 amide bonds. The second-order valence-corrected chi connectivity index (χ2v) is 23.0. The van der Waals surface area contributed by atoms with Gasteiger partial charge < -0.3 is 13.4 Å². The molecule has 0 fully saturated rings. The van der Waals surface area contributed by atoms with Crippen molar-refractivity contribution >= 4 is 148 Å². The molecule has 13 heteroatoms. The standard InChI is InChI=1S/C36H22BrNO.C24H15FO.C13H9Br.CH4.B7/c37-26-18-19-29-28-10-4-6-12-31(28)38(33(29)22-26)32-21-20-27(35-30-11-5-7-13-34(30)39-36(32)35)25-16-14-24(15-17-25)23-8-2-1-3-9-23;25-21-15-14-19(23-20-8-4-5-9-22(20)26-24(21)23)18-12-10-17(11-13-18)16-6-2-1-3-7-16;14-11-5-6-13-10(8-11)7-9-3-1-2-4-12(9)13;;1-5-7(4)6(2)3/h1-22H;1-15H;1-6,8H,7H2;1H4;. The number of halogens is 3. The third kappa shape index (κ3) is 11.8. The van der Waals surface area contributed by atoms with Crippen molar-refractivity contribution in [1.82, 2.24) is 4.57 Å². The van der Waals surface area contributed by atoms with E-state index in [1.165, 1.54) is 78.4 Å². The van der Waals surface area contributed by atoms with Crippen molar-refractivity contribution in [3.8, 4) is 61.3 Å². The average molecular weight is 1240 g/mol. The summed E-state index contributed by atoms with van der Waals surface area (Å²) in [4.78, 5) is 0. The summed E-state index contributed by atoms with van der Waals surface area (Å²) >= 11 is 7.21. The largest absolute Gasteiger partial charge is 0.454 e. The lowest BCUT2D eigenvalue weighted by Crippen LogP contribution is -2.43. The van der Waals surface area contributed by atoms with Gasteiger partial charge in [0.25, 0.3) is 0 Å². The van der Waals surface area contributed by atoms with E-state index in [4.69, 9.17) is 39.8 Å². The van der Waals surface area contributed by atoms with E-state index in [2.05, 4.69) is 243 Å². The molecule has 0 N–H and O–H groups in total. The van der Waals surface area contributed by atoms with Gasteiger partial charge in [-0.1, -0.05) is 252 Å². The molecule has 0 atom stereocenters. The molecule has 15 aromatic rings. The fraction of sp³-hybridized carbons (Fsp3) is 0.0270. The maximum Gasteiger partial charge on any atom is 0.171 e. The zero-order chi connectivity index (χ0) is 58.8. The summed E-state index contributed by atoms with van der Waals surface area (Å²) in [6.07, 6.45) is 0.148. The Kier molecular flexibility index (Phi) is 17.4. The first-order valence-electron chi connectivity index (χ1n) is 28.3. The molecule has 0 saturated heterocycles. The van der Waals surface area contributed by atoms with Gasteiger partial charge in [-0.25, -0.2) is 4.39 Å². The number of para-hydroxylation sites is 3. The number of rotatable bonds is 7. The van der Waals surface area contributed by atoms with E-state index in [9.17, 15) is 4.39 Å². The maximum atomic E-state index is 14.3. The van der Waals surface area contributed by atoms with Gasteiger partial charge in [0.15, 0.2) is 17.0 Å². The Morgan fingerprint density at radius 3 is 1.45 bits per heavy atom. The minimum atomic E-state index is -0.537. The topological polar surface area (TPSA) is 31.2 Å². The lowest BCUT2D eigenvalue weighted by Gasteiger charge is -2.12. The molecule has 0 spiro atoms. The summed E-state index contributed by atoms with van der Waals surface area (Å²) in [7, 11) is 21.6. The van der Waals surface area contributed by atoms with Crippen molar-refractivity contribution in [3.63, 3.8) is 0 Å². The zero-order valence-electron chi connectivity index (χ0n) is 46.5.